The summed E-state index contributed by atoms with van der Waals surface area (Å²) < 4.78 is 5.22. The lowest BCUT2D eigenvalue weighted by atomic mass is 9.92. The molecule has 2 aliphatic heterocycles. The monoisotopic (exact) mass is 282 g/mol. The number of hydrogen-bond donors (Lipinski definition) is 1. The van der Waals surface area contributed by atoms with Crippen LogP contribution in [0.3, 0.4) is 0 Å². The zero-order valence-corrected chi connectivity index (χ0v) is 11.5. The summed E-state index contributed by atoms with van der Waals surface area (Å²) in [5.74, 6) is 1.08. The summed E-state index contributed by atoms with van der Waals surface area (Å²) in [5.41, 5.74) is 3.01. The first-order chi connectivity index (χ1) is 10.3. The molecule has 6 nitrogen and oxygen atoms in total. The number of nitrogens with one attached hydrogen (secondary N) is 1. The number of anilines is 2. The molecule has 6 heteroatoms. The predicted molar refractivity (Wildman–Crippen MR) is 77.3 cm³/mol. The van der Waals surface area contributed by atoms with Crippen LogP contribution in [0.2, 0.25) is 0 Å². The van der Waals surface area contributed by atoms with Gasteiger partial charge in [0.15, 0.2) is 5.82 Å². The highest BCUT2D eigenvalue weighted by Gasteiger charge is 2.38. The first-order valence-electron chi connectivity index (χ1n) is 6.81. The van der Waals surface area contributed by atoms with Gasteiger partial charge in [-0.15, -0.1) is 0 Å². The van der Waals surface area contributed by atoms with Gasteiger partial charge < -0.3 is 15.0 Å². The number of carbonyl (C=O) groups excluding carboxylic acids is 1. The lowest BCUT2D eigenvalue weighted by Crippen LogP contribution is -2.51. The van der Waals surface area contributed by atoms with Gasteiger partial charge in [0.1, 0.15) is 18.1 Å². The Labute approximate surface area is 121 Å². The van der Waals surface area contributed by atoms with E-state index in [4.69, 9.17) is 4.74 Å². The number of fused-ring (bicyclic) bond motifs is 4. The molecule has 2 aromatic rings. The molecule has 2 aliphatic rings. The second-order valence-electron chi connectivity index (χ2n) is 5.19. The summed E-state index contributed by atoms with van der Waals surface area (Å²) in [7, 11) is 1.53. The Kier molecular flexibility index (Phi) is 2.57. The molecule has 4 rings (SSSR count). The van der Waals surface area contributed by atoms with Crippen molar-refractivity contribution in [2.75, 3.05) is 17.3 Å². The minimum atomic E-state index is -0.230. The van der Waals surface area contributed by atoms with Gasteiger partial charge in [-0.2, -0.15) is 4.98 Å². The molecule has 1 N–H and O–H groups in total. The number of rotatable bonds is 1. The maximum absolute atomic E-state index is 12.4. The maximum Gasteiger partial charge on any atom is 0.247 e. The van der Waals surface area contributed by atoms with E-state index in [-0.39, 0.29) is 11.9 Å². The SMILES string of the molecule is COc1ncnc2c1NC(=O)C1Cc3ccccc3CN21. The van der Waals surface area contributed by atoms with Crippen molar-refractivity contribution < 1.29 is 9.53 Å². The summed E-state index contributed by atoms with van der Waals surface area (Å²) in [4.78, 5) is 22.8. The van der Waals surface area contributed by atoms with Gasteiger partial charge in [-0.1, -0.05) is 24.3 Å². The molecule has 1 aromatic carbocycles. The van der Waals surface area contributed by atoms with Crippen LogP contribution in [0.4, 0.5) is 11.5 Å². The molecular formula is C15H14N4O2. The minimum absolute atomic E-state index is 0.0369. The molecule has 21 heavy (non-hydrogen) atoms. The van der Waals surface area contributed by atoms with Gasteiger partial charge in [-0.25, -0.2) is 4.98 Å². The van der Waals surface area contributed by atoms with Crippen LogP contribution in [0.25, 0.3) is 0 Å². The molecule has 1 unspecified atom stereocenters. The van der Waals surface area contributed by atoms with Crippen molar-refractivity contribution >= 4 is 17.4 Å². The van der Waals surface area contributed by atoms with Crippen LogP contribution in [0.15, 0.2) is 30.6 Å². The number of carbonyl (C=O) groups is 1. The Bertz CT molecular complexity index is 731. The van der Waals surface area contributed by atoms with E-state index in [1.807, 2.05) is 17.0 Å². The van der Waals surface area contributed by atoms with E-state index in [1.54, 1.807) is 0 Å². The quantitative estimate of drug-likeness (QED) is 0.855. The van der Waals surface area contributed by atoms with Gasteiger partial charge in [0.2, 0.25) is 11.8 Å². The Morgan fingerprint density at radius 2 is 2.10 bits per heavy atom. The Hall–Kier alpha value is -2.63. The molecule has 0 spiro atoms. The van der Waals surface area contributed by atoms with Crippen molar-refractivity contribution in [3.05, 3.63) is 41.7 Å². The van der Waals surface area contributed by atoms with Crippen LogP contribution < -0.4 is 15.0 Å². The van der Waals surface area contributed by atoms with Gasteiger partial charge in [-0.05, 0) is 11.1 Å². The van der Waals surface area contributed by atoms with E-state index in [2.05, 4.69) is 27.4 Å². The van der Waals surface area contributed by atoms with Crippen molar-refractivity contribution in [2.45, 2.75) is 19.0 Å². The first-order valence-corrected chi connectivity index (χ1v) is 6.81. The minimum Gasteiger partial charge on any atom is -0.479 e. The van der Waals surface area contributed by atoms with Gasteiger partial charge >= 0.3 is 0 Å². The number of amides is 1. The second kappa shape index (κ2) is 4.44. The number of aromatic nitrogens is 2. The molecule has 0 radical (unpaired) electrons. The zero-order chi connectivity index (χ0) is 14.4. The number of hydrogen-bond acceptors (Lipinski definition) is 5. The lowest BCUT2D eigenvalue weighted by molar-refractivity contribution is -0.117. The Balaban J connectivity index is 1.84. The molecule has 0 aliphatic carbocycles. The van der Waals surface area contributed by atoms with Gasteiger partial charge in [-0.3, -0.25) is 4.79 Å². The fourth-order valence-corrected chi connectivity index (χ4v) is 3.03. The fraction of sp³-hybridized carbons (Fsp3) is 0.267. The zero-order valence-electron chi connectivity index (χ0n) is 11.5. The molecule has 0 fully saturated rings. The van der Waals surface area contributed by atoms with E-state index in [0.717, 1.165) is 5.82 Å². The van der Waals surface area contributed by atoms with E-state index in [9.17, 15) is 4.79 Å². The summed E-state index contributed by atoms with van der Waals surface area (Å²) in [6, 6.07) is 7.97. The molecule has 3 heterocycles. The van der Waals surface area contributed by atoms with Crippen LogP contribution in [0.5, 0.6) is 5.88 Å². The highest BCUT2D eigenvalue weighted by atomic mass is 16.5. The smallest absolute Gasteiger partial charge is 0.247 e. The number of ether oxygens (including phenoxy) is 1. The molecular weight excluding hydrogens is 268 g/mol. The van der Waals surface area contributed by atoms with Crippen LogP contribution in [0.1, 0.15) is 11.1 Å². The third-order valence-corrected chi connectivity index (χ3v) is 4.06. The normalized spacial score (nSPS) is 19.2. The van der Waals surface area contributed by atoms with Crippen molar-refractivity contribution in [1.29, 1.82) is 0 Å². The van der Waals surface area contributed by atoms with Gasteiger partial charge in [0, 0.05) is 13.0 Å². The number of benzene rings is 1. The van der Waals surface area contributed by atoms with E-state index in [1.165, 1.54) is 24.6 Å². The molecule has 1 aromatic heterocycles. The average Bonchev–Trinajstić information content (AvgIpc) is 2.53. The Morgan fingerprint density at radius 3 is 2.90 bits per heavy atom. The fourth-order valence-electron chi connectivity index (χ4n) is 3.03. The third kappa shape index (κ3) is 1.75. The standard InChI is InChI=1S/C15H14N4O2/c1-21-15-12-13(16-8-17-15)19-7-10-5-3-2-4-9(10)6-11(19)14(20)18-12/h2-5,8,11H,6-7H2,1H3,(H,18,20). The van der Waals surface area contributed by atoms with E-state index >= 15 is 0 Å². The van der Waals surface area contributed by atoms with Crippen molar-refractivity contribution in [2.24, 2.45) is 0 Å². The van der Waals surface area contributed by atoms with Crippen molar-refractivity contribution in [1.82, 2.24) is 9.97 Å². The Morgan fingerprint density at radius 1 is 1.29 bits per heavy atom. The van der Waals surface area contributed by atoms with Crippen LogP contribution in [0, 0.1) is 0 Å². The molecule has 0 saturated carbocycles. The van der Waals surface area contributed by atoms with Crippen LogP contribution >= 0.6 is 0 Å². The van der Waals surface area contributed by atoms with E-state index in [0.29, 0.717) is 24.5 Å². The highest BCUT2D eigenvalue weighted by molar-refractivity contribution is 6.04. The third-order valence-electron chi connectivity index (χ3n) is 4.06. The summed E-state index contributed by atoms with van der Waals surface area (Å²) >= 11 is 0. The largest absolute Gasteiger partial charge is 0.479 e. The summed E-state index contributed by atoms with van der Waals surface area (Å²) in [6.45, 7) is 0.668. The molecule has 106 valence electrons. The van der Waals surface area contributed by atoms with Crippen molar-refractivity contribution in [3.63, 3.8) is 0 Å². The molecule has 1 amide bonds. The lowest BCUT2D eigenvalue weighted by Gasteiger charge is -2.40. The molecule has 1 atom stereocenters. The topological polar surface area (TPSA) is 67.4 Å². The van der Waals surface area contributed by atoms with Crippen molar-refractivity contribution in [3.8, 4) is 5.88 Å². The molecule has 0 bridgehead atoms. The highest BCUT2D eigenvalue weighted by Crippen LogP contribution is 2.39. The number of methoxy groups -OCH3 is 1. The first kappa shape index (κ1) is 12.1. The summed E-state index contributed by atoms with van der Waals surface area (Å²) in [6.07, 6.45) is 2.15. The van der Waals surface area contributed by atoms with Gasteiger partial charge in [0.25, 0.3) is 0 Å². The van der Waals surface area contributed by atoms with Crippen LogP contribution in [-0.4, -0.2) is 29.0 Å². The predicted octanol–water partition coefficient (Wildman–Crippen LogP) is 1.37. The summed E-state index contributed by atoms with van der Waals surface area (Å²) in [5, 5.41) is 2.88. The number of nitrogens with zero attached hydrogens (tertiary/aromatic N) is 3. The average molecular weight is 282 g/mol. The molecule has 0 saturated heterocycles. The van der Waals surface area contributed by atoms with E-state index < -0.39 is 0 Å². The maximum atomic E-state index is 12.4. The second-order valence-corrected chi connectivity index (χ2v) is 5.19. The van der Waals surface area contributed by atoms with Gasteiger partial charge in [0.05, 0.1) is 7.11 Å². The van der Waals surface area contributed by atoms with Crippen LogP contribution in [-0.2, 0) is 17.8 Å².